The highest BCUT2D eigenvalue weighted by molar-refractivity contribution is 5.91. The van der Waals surface area contributed by atoms with Crippen LogP contribution < -0.4 is 16.2 Å². The molecule has 2 aromatic rings. The van der Waals surface area contributed by atoms with E-state index in [9.17, 15) is 36.3 Å². The van der Waals surface area contributed by atoms with Crippen LogP contribution in [0.1, 0.15) is 99.4 Å². The van der Waals surface area contributed by atoms with Crippen LogP contribution in [0.4, 0.5) is 33.3 Å². The van der Waals surface area contributed by atoms with E-state index in [-0.39, 0.29) is 24.7 Å². The Morgan fingerprint density at radius 2 is 1.33 bits per heavy atom. The maximum Gasteiger partial charge on any atom is 0.453 e. The summed E-state index contributed by atoms with van der Waals surface area (Å²) in [5.41, 5.74) is 13.2. The lowest BCUT2D eigenvalue weighted by Crippen LogP contribution is -2.36. The zero-order valence-corrected chi connectivity index (χ0v) is 27.5. The number of unbranched alkanes of at least 4 members (excludes halogenated alkanes) is 5. The van der Waals surface area contributed by atoms with Gasteiger partial charge in [-0.25, -0.2) is 9.59 Å². The fraction of sp³-hybridized carbons (Fsp3) is 0.528. The molecule has 3 rings (SSSR count). The highest BCUT2D eigenvalue weighted by atomic mass is 19.4. The topological polar surface area (TPSA) is 131 Å². The van der Waals surface area contributed by atoms with Crippen LogP contribution in [-0.4, -0.2) is 43.2 Å². The number of ether oxygens (including phenoxy) is 3. The zero-order chi connectivity index (χ0) is 35.9. The van der Waals surface area contributed by atoms with Crippen molar-refractivity contribution in [1.29, 1.82) is 0 Å². The van der Waals surface area contributed by atoms with E-state index in [1.165, 1.54) is 18.2 Å². The van der Waals surface area contributed by atoms with E-state index in [0.717, 1.165) is 38.5 Å². The number of carbonyl (C=O) groups is 3. The van der Waals surface area contributed by atoms with Gasteiger partial charge in [0.2, 0.25) is 0 Å². The van der Waals surface area contributed by atoms with Gasteiger partial charge in [-0.05, 0) is 92.8 Å². The third-order valence-corrected chi connectivity index (χ3v) is 8.44. The second-order valence-electron chi connectivity index (χ2n) is 12.4. The summed E-state index contributed by atoms with van der Waals surface area (Å²) >= 11 is 0. The van der Waals surface area contributed by atoms with Crippen molar-refractivity contribution in [3.63, 3.8) is 0 Å². The van der Waals surface area contributed by atoms with Crippen LogP contribution in [-0.2, 0) is 19.1 Å². The minimum absolute atomic E-state index is 0.0101. The molecular weight excluding hydrogens is 651 g/mol. The molecule has 0 saturated heterocycles. The van der Waals surface area contributed by atoms with Gasteiger partial charge in [0, 0.05) is 23.9 Å². The van der Waals surface area contributed by atoms with Crippen molar-refractivity contribution in [2.75, 3.05) is 24.7 Å². The van der Waals surface area contributed by atoms with Gasteiger partial charge in [-0.1, -0.05) is 44.2 Å². The van der Waals surface area contributed by atoms with E-state index < -0.39 is 36.4 Å². The first-order chi connectivity index (χ1) is 23.2. The molecule has 1 saturated carbocycles. The fourth-order valence-corrected chi connectivity index (χ4v) is 5.63. The number of hydrogen-bond acceptors (Lipinski definition) is 8. The van der Waals surface area contributed by atoms with Crippen molar-refractivity contribution in [3.05, 3.63) is 59.7 Å². The SMILES string of the molecule is Nc1cc(N)cc(C(=O)OCCCCCCCCOC(=O)C=Cc2ccc(OC(=O)C3CCC(CCCC(F)(F)C(F)(F)F)CC3)cc2)c1. The molecule has 0 spiro atoms. The van der Waals surface area contributed by atoms with E-state index in [4.69, 9.17) is 25.7 Å². The van der Waals surface area contributed by atoms with Gasteiger partial charge in [0.15, 0.2) is 0 Å². The number of carbonyl (C=O) groups excluding carboxylic acids is 3. The maximum absolute atomic E-state index is 13.1. The molecule has 13 heteroatoms. The van der Waals surface area contributed by atoms with Crippen LogP contribution in [0.5, 0.6) is 5.75 Å². The van der Waals surface area contributed by atoms with E-state index >= 15 is 0 Å². The van der Waals surface area contributed by atoms with Gasteiger partial charge in [-0.3, -0.25) is 4.79 Å². The van der Waals surface area contributed by atoms with E-state index in [1.807, 2.05) is 0 Å². The molecule has 0 radical (unpaired) electrons. The summed E-state index contributed by atoms with van der Waals surface area (Å²) in [5.74, 6) is -6.02. The lowest BCUT2D eigenvalue weighted by molar-refractivity contribution is -0.284. The molecule has 49 heavy (non-hydrogen) atoms. The summed E-state index contributed by atoms with van der Waals surface area (Å²) < 4.78 is 79.2. The Labute approximate surface area is 283 Å². The summed E-state index contributed by atoms with van der Waals surface area (Å²) in [6, 6.07) is 11.2. The molecule has 0 atom stereocenters. The monoisotopic (exact) mass is 696 g/mol. The Hall–Kier alpha value is -4.16. The molecule has 0 amide bonds. The van der Waals surface area contributed by atoms with Crippen molar-refractivity contribution >= 4 is 35.4 Å². The van der Waals surface area contributed by atoms with Crippen molar-refractivity contribution < 1.29 is 50.5 Å². The van der Waals surface area contributed by atoms with Crippen LogP contribution in [0.3, 0.4) is 0 Å². The molecule has 0 unspecified atom stereocenters. The third kappa shape index (κ3) is 14.1. The second-order valence-corrected chi connectivity index (χ2v) is 12.4. The molecule has 8 nitrogen and oxygen atoms in total. The highest BCUT2D eigenvalue weighted by Crippen LogP contribution is 2.40. The average Bonchev–Trinajstić information content (AvgIpc) is 3.04. The van der Waals surface area contributed by atoms with Crippen LogP contribution in [0, 0.1) is 11.8 Å². The van der Waals surface area contributed by atoms with Crippen LogP contribution in [0.25, 0.3) is 6.08 Å². The number of rotatable bonds is 18. The van der Waals surface area contributed by atoms with Crippen molar-refractivity contribution in [2.45, 2.75) is 95.6 Å². The molecule has 1 aliphatic rings. The quantitative estimate of drug-likeness (QED) is 0.0395. The Kier molecular flexibility index (Phi) is 15.3. The Morgan fingerprint density at radius 1 is 0.755 bits per heavy atom. The number of hydrogen-bond donors (Lipinski definition) is 2. The van der Waals surface area contributed by atoms with E-state index in [0.29, 0.717) is 67.1 Å². The minimum atomic E-state index is -5.53. The Balaban J connectivity index is 1.21. The molecule has 2 aromatic carbocycles. The Morgan fingerprint density at radius 3 is 1.92 bits per heavy atom. The van der Waals surface area contributed by atoms with Crippen LogP contribution in [0.2, 0.25) is 0 Å². The average molecular weight is 697 g/mol. The number of alkyl halides is 5. The summed E-state index contributed by atoms with van der Waals surface area (Å²) in [4.78, 5) is 36.7. The highest BCUT2D eigenvalue weighted by Gasteiger charge is 2.56. The molecule has 1 aliphatic carbocycles. The standard InChI is InChI=1S/C36H45F5N2O6/c37-35(38,36(39,40)41)19-7-8-25-9-14-27(15-10-25)34(46)49-31-16-11-26(12-17-31)13-18-32(44)47-20-5-3-1-2-4-6-21-48-33(45)28-22-29(42)24-30(43)23-28/h11-13,16-18,22-25,27H,1-10,14-15,19-21,42-43H2. The molecule has 0 heterocycles. The molecular formula is C36H45F5N2O6. The number of benzene rings is 2. The number of nitrogen functional groups attached to an aromatic ring is 2. The normalized spacial score (nSPS) is 16.8. The lowest BCUT2D eigenvalue weighted by Gasteiger charge is -2.28. The fourth-order valence-electron chi connectivity index (χ4n) is 5.63. The van der Waals surface area contributed by atoms with E-state index in [1.54, 1.807) is 36.4 Å². The van der Waals surface area contributed by atoms with Gasteiger partial charge in [-0.2, -0.15) is 22.0 Å². The molecule has 1 fully saturated rings. The van der Waals surface area contributed by atoms with E-state index in [2.05, 4.69) is 0 Å². The van der Waals surface area contributed by atoms with Gasteiger partial charge in [0.1, 0.15) is 5.75 Å². The number of nitrogens with two attached hydrogens (primary N) is 2. The van der Waals surface area contributed by atoms with Gasteiger partial charge >= 0.3 is 30.0 Å². The van der Waals surface area contributed by atoms with Gasteiger partial charge in [0.25, 0.3) is 0 Å². The third-order valence-electron chi connectivity index (χ3n) is 8.44. The number of anilines is 2. The molecule has 0 bridgehead atoms. The van der Waals surface area contributed by atoms with Crippen molar-refractivity contribution in [1.82, 2.24) is 0 Å². The molecule has 0 aliphatic heterocycles. The Bertz CT molecular complexity index is 1370. The largest absolute Gasteiger partial charge is 0.463 e. The maximum atomic E-state index is 13.1. The van der Waals surface area contributed by atoms with Crippen LogP contribution >= 0.6 is 0 Å². The van der Waals surface area contributed by atoms with Gasteiger partial charge in [-0.15, -0.1) is 0 Å². The summed E-state index contributed by atoms with van der Waals surface area (Å²) in [5, 5.41) is 0. The smallest absolute Gasteiger partial charge is 0.453 e. The first-order valence-corrected chi connectivity index (χ1v) is 16.7. The minimum Gasteiger partial charge on any atom is -0.463 e. The second kappa shape index (κ2) is 19.1. The summed E-state index contributed by atoms with van der Waals surface area (Å²) in [6.07, 6.45) is 3.52. The predicted octanol–water partition coefficient (Wildman–Crippen LogP) is 8.68. The first-order valence-electron chi connectivity index (χ1n) is 16.7. The number of halogens is 5. The molecule has 4 N–H and O–H groups in total. The molecule has 270 valence electrons. The zero-order valence-electron chi connectivity index (χ0n) is 27.5. The predicted molar refractivity (Wildman–Crippen MR) is 176 cm³/mol. The molecule has 0 aromatic heterocycles. The first kappa shape index (κ1) is 39.3. The lowest BCUT2D eigenvalue weighted by atomic mass is 9.79. The van der Waals surface area contributed by atoms with Gasteiger partial charge in [0.05, 0.1) is 24.7 Å². The van der Waals surface area contributed by atoms with Crippen LogP contribution in [0.15, 0.2) is 48.5 Å². The summed E-state index contributed by atoms with van der Waals surface area (Å²) in [6.45, 7) is 0.612. The van der Waals surface area contributed by atoms with Crippen molar-refractivity contribution in [2.24, 2.45) is 11.8 Å². The van der Waals surface area contributed by atoms with Crippen molar-refractivity contribution in [3.8, 4) is 5.75 Å². The summed E-state index contributed by atoms with van der Waals surface area (Å²) in [7, 11) is 0. The van der Waals surface area contributed by atoms with Gasteiger partial charge < -0.3 is 25.7 Å². The number of esters is 3.